The molecule has 0 fully saturated rings. The van der Waals surface area contributed by atoms with Gasteiger partial charge in [0.2, 0.25) is 0 Å². The van der Waals surface area contributed by atoms with E-state index >= 15 is 0 Å². The van der Waals surface area contributed by atoms with Crippen LogP contribution in [0.5, 0.6) is 0 Å². The molecular weight excluding hydrogens is 124 g/mol. The molecule has 0 N–H and O–H groups in total. The van der Waals surface area contributed by atoms with E-state index in [1.165, 1.54) is 0 Å². The fourth-order valence-corrected chi connectivity index (χ4v) is 0.812. The van der Waals surface area contributed by atoms with Gasteiger partial charge in [-0.2, -0.15) is 0 Å². The first kappa shape index (κ1) is 5.35. The number of nitrogens with zero attached hydrogens (tertiary/aromatic N) is 2. The van der Waals surface area contributed by atoms with E-state index in [1.54, 1.807) is 18.5 Å². The molecule has 46 valence electrons. The minimum atomic E-state index is 0.911. The molecule has 0 saturated heterocycles. The van der Waals surface area contributed by atoms with Crippen LogP contribution in [0.25, 0.3) is 10.9 Å². The summed E-state index contributed by atoms with van der Waals surface area (Å²) in [7, 11) is 0. The second-order valence-electron chi connectivity index (χ2n) is 1.94. The van der Waals surface area contributed by atoms with Crippen molar-refractivity contribution in [3.63, 3.8) is 0 Å². The highest BCUT2D eigenvalue weighted by Crippen LogP contribution is 2.05. The summed E-state index contributed by atoms with van der Waals surface area (Å²) in [6, 6.07) is 6.47. The van der Waals surface area contributed by atoms with Gasteiger partial charge in [0.05, 0.1) is 11.7 Å². The fourth-order valence-electron chi connectivity index (χ4n) is 0.812. The van der Waals surface area contributed by atoms with E-state index in [1.807, 2.05) is 6.07 Å². The van der Waals surface area contributed by atoms with Gasteiger partial charge in [0.1, 0.15) is 0 Å². The van der Waals surface area contributed by atoms with E-state index in [0.29, 0.717) is 0 Å². The maximum Gasteiger partial charge on any atom is 0.0908 e. The van der Waals surface area contributed by atoms with Crippen LogP contribution in [0.4, 0.5) is 0 Å². The molecule has 10 heavy (non-hydrogen) atoms. The lowest BCUT2D eigenvalue weighted by Gasteiger charge is -1.90. The topological polar surface area (TPSA) is 25.8 Å². The third kappa shape index (κ3) is 0.739. The second-order valence-corrected chi connectivity index (χ2v) is 1.94. The van der Waals surface area contributed by atoms with Crippen LogP contribution in [-0.2, 0) is 0 Å². The van der Waals surface area contributed by atoms with Crippen molar-refractivity contribution >= 4 is 10.9 Å². The molecule has 2 rings (SSSR count). The molecule has 2 aromatic rings. The lowest BCUT2D eigenvalue weighted by molar-refractivity contribution is 1.31. The van der Waals surface area contributed by atoms with Crippen LogP contribution in [0.15, 0.2) is 24.5 Å². The number of rotatable bonds is 0. The molecule has 0 aliphatic carbocycles. The molecule has 2 nitrogen and oxygen atoms in total. The predicted octanol–water partition coefficient (Wildman–Crippen LogP) is 1.23. The van der Waals surface area contributed by atoms with Crippen LogP contribution in [0.3, 0.4) is 0 Å². The van der Waals surface area contributed by atoms with Gasteiger partial charge in [0, 0.05) is 23.8 Å². The standard InChI is InChI=1S/C8H4N2/c1-2-7-6-9-5-3-8(7)10-4-1/h2-4,6H. The van der Waals surface area contributed by atoms with E-state index in [0.717, 1.165) is 10.9 Å². The van der Waals surface area contributed by atoms with E-state index in [2.05, 4.69) is 22.2 Å². The first-order valence-electron chi connectivity index (χ1n) is 2.95. The van der Waals surface area contributed by atoms with Crippen molar-refractivity contribution < 1.29 is 0 Å². The Morgan fingerprint density at radius 2 is 2.30 bits per heavy atom. The summed E-state index contributed by atoms with van der Waals surface area (Å²) in [6.45, 7) is 0. The largest absolute Gasteiger partial charge is 0.255 e. The van der Waals surface area contributed by atoms with Crippen molar-refractivity contribution in [1.29, 1.82) is 0 Å². The third-order valence-electron chi connectivity index (χ3n) is 1.29. The van der Waals surface area contributed by atoms with Crippen molar-refractivity contribution in [2.24, 2.45) is 0 Å². The van der Waals surface area contributed by atoms with Crippen LogP contribution in [0.2, 0.25) is 0 Å². The van der Waals surface area contributed by atoms with Crippen LogP contribution in [0.1, 0.15) is 0 Å². The predicted molar refractivity (Wildman–Crippen MR) is 37.2 cm³/mol. The summed E-state index contributed by atoms with van der Waals surface area (Å²) >= 11 is 0. The third-order valence-corrected chi connectivity index (χ3v) is 1.29. The molecule has 2 radical (unpaired) electrons. The summed E-state index contributed by atoms with van der Waals surface area (Å²) in [5.41, 5.74) is 0.911. The quantitative estimate of drug-likeness (QED) is 0.533. The van der Waals surface area contributed by atoms with Gasteiger partial charge in [-0.1, -0.05) is 0 Å². The molecule has 0 aromatic carbocycles. The van der Waals surface area contributed by atoms with Gasteiger partial charge in [0.15, 0.2) is 0 Å². The maximum absolute atomic E-state index is 4.05. The van der Waals surface area contributed by atoms with Gasteiger partial charge in [-0.15, -0.1) is 0 Å². The summed E-state index contributed by atoms with van der Waals surface area (Å²) in [6.07, 6.45) is 6.07. The van der Waals surface area contributed by atoms with Crippen molar-refractivity contribution in [2.45, 2.75) is 0 Å². The minimum absolute atomic E-state index is 0.911. The Labute approximate surface area is 58.6 Å². The van der Waals surface area contributed by atoms with Crippen molar-refractivity contribution in [2.75, 3.05) is 0 Å². The average molecular weight is 128 g/mol. The molecule has 2 heterocycles. The molecule has 0 atom stereocenters. The molecule has 2 aromatic heterocycles. The number of fused-ring (bicyclic) bond motifs is 1. The van der Waals surface area contributed by atoms with Gasteiger partial charge in [-0.25, -0.2) is 0 Å². The van der Waals surface area contributed by atoms with Crippen LogP contribution >= 0.6 is 0 Å². The number of pyridine rings is 2. The Morgan fingerprint density at radius 1 is 1.30 bits per heavy atom. The Hall–Kier alpha value is -1.44. The Bertz CT molecular complexity index is 278. The number of hydrogen-bond acceptors (Lipinski definition) is 2. The first-order chi connectivity index (χ1) is 4.97. The summed E-state index contributed by atoms with van der Waals surface area (Å²) in [4.78, 5) is 7.88. The average Bonchev–Trinajstić information content (AvgIpc) is 2.05. The highest BCUT2D eigenvalue weighted by molar-refractivity contribution is 5.76. The summed E-state index contributed by atoms with van der Waals surface area (Å²) in [5, 5.41) is 1.00. The zero-order chi connectivity index (χ0) is 6.81. The highest BCUT2D eigenvalue weighted by atomic mass is 14.7. The minimum Gasteiger partial charge on any atom is -0.255 e. The molecule has 0 bridgehead atoms. The van der Waals surface area contributed by atoms with E-state index < -0.39 is 0 Å². The number of aromatic nitrogens is 2. The lowest BCUT2D eigenvalue weighted by atomic mass is 10.3. The van der Waals surface area contributed by atoms with Gasteiger partial charge in [-0.3, -0.25) is 9.97 Å². The molecule has 2 heteroatoms. The van der Waals surface area contributed by atoms with Crippen molar-refractivity contribution in [1.82, 2.24) is 9.97 Å². The van der Waals surface area contributed by atoms with E-state index in [4.69, 9.17) is 0 Å². The lowest BCUT2D eigenvalue weighted by Crippen LogP contribution is -1.77. The van der Waals surface area contributed by atoms with Gasteiger partial charge >= 0.3 is 0 Å². The second kappa shape index (κ2) is 2.06. The molecular formula is C8H4N2. The summed E-state index contributed by atoms with van der Waals surface area (Å²) < 4.78 is 0. The molecule has 0 aliphatic heterocycles. The zero-order valence-electron chi connectivity index (χ0n) is 5.20. The van der Waals surface area contributed by atoms with Crippen molar-refractivity contribution in [3.05, 3.63) is 36.8 Å². The van der Waals surface area contributed by atoms with Crippen LogP contribution in [0, 0.1) is 12.3 Å². The van der Waals surface area contributed by atoms with Gasteiger partial charge in [-0.05, 0) is 12.1 Å². The van der Waals surface area contributed by atoms with Gasteiger partial charge < -0.3 is 0 Å². The Morgan fingerprint density at radius 3 is 3.20 bits per heavy atom. The Balaban J connectivity index is 2.89. The first-order valence-corrected chi connectivity index (χ1v) is 2.95. The number of hydrogen-bond donors (Lipinski definition) is 0. The molecule has 0 spiro atoms. The molecule has 0 saturated carbocycles. The SMILES string of the molecule is [c]1cnc2c[c]ncc2c1. The molecule has 0 amide bonds. The highest BCUT2D eigenvalue weighted by Gasteiger charge is 1.88. The van der Waals surface area contributed by atoms with Crippen molar-refractivity contribution in [3.8, 4) is 0 Å². The van der Waals surface area contributed by atoms with Crippen LogP contribution < -0.4 is 0 Å². The van der Waals surface area contributed by atoms with Crippen LogP contribution in [-0.4, -0.2) is 9.97 Å². The van der Waals surface area contributed by atoms with Gasteiger partial charge in [0.25, 0.3) is 0 Å². The summed E-state index contributed by atoms with van der Waals surface area (Å²) in [5.74, 6) is 0. The zero-order valence-corrected chi connectivity index (χ0v) is 5.20. The smallest absolute Gasteiger partial charge is 0.0908 e. The monoisotopic (exact) mass is 128 g/mol. The fraction of sp³-hybridized carbons (Fsp3) is 0. The molecule has 0 aliphatic rings. The maximum atomic E-state index is 4.05. The Kier molecular flexibility index (Phi) is 1.10. The van der Waals surface area contributed by atoms with E-state index in [-0.39, 0.29) is 0 Å². The van der Waals surface area contributed by atoms with E-state index in [9.17, 15) is 0 Å². The molecule has 0 unspecified atom stereocenters. The normalized spacial score (nSPS) is 10.0.